The van der Waals surface area contributed by atoms with Crippen molar-refractivity contribution >= 4 is 33.1 Å². The van der Waals surface area contributed by atoms with Crippen LogP contribution in [-0.4, -0.2) is 15.5 Å². The zero-order valence-electron chi connectivity index (χ0n) is 12.2. The predicted octanol–water partition coefficient (Wildman–Crippen LogP) is 2.17. The number of hydrogen-bond acceptors (Lipinski definition) is 4. The van der Waals surface area contributed by atoms with Gasteiger partial charge in [0.25, 0.3) is 5.56 Å². The van der Waals surface area contributed by atoms with Crippen LogP contribution < -0.4 is 16.6 Å². The van der Waals surface area contributed by atoms with E-state index in [1.54, 1.807) is 23.6 Å². The summed E-state index contributed by atoms with van der Waals surface area (Å²) in [6, 6.07) is 10.9. The van der Waals surface area contributed by atoms with E-state index in [1.165, 1.54) is 11.3 Å². The molecule has 1 aromatic carbocycles. The van der Waals surface area contributed by atoms with Crippen molar-refractivity contribution in [3.63, 3.8) is 0 Å². The predicted molar refractivity (Wildman–Crippen MR) is 91.0 cm³/mol. The van der Waals surface area contributed by atoms with Crippen LogP contribution in [0.15, 0.2) is 51.4 Å². The number of nitrogens with one attached hydrogen (secondary N) is 2. The van der Waals surface area contributed by atoms with Gasteiger partial charge in [0, 0.05) is 18.7 Å². The fraction of sp³-hybridized carbons (Fsp3) is 0.188. The second-order valence-electron chi connectivity index (χ2n) is 5.07. The average molecular weight is 329 g/mol. The van der Waals surface area contributed by atoms with Crippen LogP contribution in [0.1, 0.15) is 12.8 Å². The number of nitrogens with zero attached hydrogens (tertiary/aromatic N) is 1. The first-order valence-corrected chi connectivity index (χ1v) is 8.08. The average Bonchev–Trinajstić information content (AvgIpc) is 3.00. The third-order valence-electron chi connectivity index (χ3n) is 3.43. The Morgan fingerprint density at radius 1 is 1.17 bits per heavy atom. The molecule has 0 spiro atoms. The number of para-hydroxylation sites is 1. The summed E-state index contributed by atoms with van der Waals surface area (Å²) in [5.41, 5.74) is 0.544. The van der Waals surface area contributed by atoms with Crippen LogP contribution in [0, 0.1) is 0 Å². The molecule has 0 saturated heterocycles. The number of aromatic nitrogens is 2. The molecule has 118 valence electrons. The summed E-state index contributed by atoms with van der Waals surface area (Å²) in [4.78, 5) is 38.7. The number of benzene rings is 1. The number of hydrogen-bond donors (Lipinski definition) is 2. The summed E-state index contributed by atoms with van der Waals surface area (Å²) in [7, 11) is 0. The molecule has 0 bridgehead atoms. The molecule has 0 aliphatic rings. The van der Waals surface area contributed by atoms with Gasteiger partial charge in [0.15, 0.2) is 0 Å². The van der Waals surface area contributed by atoms with Crippen LogP contribution in [0.5, 0.6) is 0 Å². The van der Waals surface area contributed by atoms with Crippen molar-refractivity contribution in [2.45, 2.75) is 19.4 Å². The molecule has 7 heteroatoms. The van der Waals surface area contributed by atoms with Crippen molar-refractivity contribution in [2.24, 2.45) is 0 Å². The minimum Gasteiger partial charge on any atom is -0.326 e. The molecular weight excluding hydrogens is 314 g/mol. The Hall–Kier alpha value is -2.67. The van der Waals surface area contributed by atoms with E-state index in [-0.39, 0.29) is 24.4 Å². The summed E-state index contributed by atoms with van der Waals surface area (Å²) >= 11 is 1.30. The van der Waals surface area contributed by atoms with Crippen LogP contribution in [0.25, 0.3) is 10.2 Å². The molecule has 3 aromatic rings. The maximum Gasteiger partial charge on any atom is 0.328 e. The highest BCUT2D eigenvalue weighted by Crippen LogP contribution is 2.12. The molecule has 2 heterocycles. The molecule has 23 heavy (non-hydrogen) atoms. The topological polar surface area (TPSA) is 84.0 Å². The number of amides is 1. The molecule has 3 rings (SSSR count). The number of carbonyl (C=O) groups excluding carboxylic acids is 1. The Kier molecular flexibility index (Phi) is 4.38. The van der Waals surface area contributed by atoms with Gasteiger partial charge in [0.1, 0.15) is 4.70 Å². The molecule has 0 fully saturated rings. The maximum absolute atomic E-state index is 12.2. The fourth-order valence-corrected chi connectivity index (χ4v) is 3.11. The van der Waals surface area contributed by atoms with E-state index in [0.717, 1.165) is 10.3 Å². The molecule has 0 saturated carbocycles. The largest absolute Gasteiger partial charge is 0.328 e. The number of aromatic amines is 1. The first kappa shape index (κ1) is 15.2. The third-order valence-corrected chi connectivity index (χ3v) is 4.34. The van der Waals surface area contributed by atoms with Crippen molar-refractivity contribution in [3.05, 3.63) is 62.6 Å². The summed E-state index contributed by atoms with van der Waals surface area (Å²) in [5.74, 6) is -0.141. The monoisotopic (exact) mass is 329 g/mol. The van der Waals surface area contributed by atoms with Gasteiger partial charge in [0.05, 0.1) is 5.52 Å². The Bertz CT molecular complexity index is 940. The van der Waals surface area contributed by atoms with Gasteiger partial charge in [-0.15, -0.1) is 11.3 Å². The van der Waals surface area contributed by atoms with Crippen LogP contribution in [0.4, 0.5) is 5.69 Å². The normalized spacial score (nSPS) is 10.8. The van der Waals surface area contributed by atoms with Crippen LogP contribution in [0.3, 0.4) is 0 Å². The Balaban J connectivity index is 1.64. The molecule has 0 atom stereocenters. The first-order chi connectivity index (χ1) is 11.1. The molecule has 0 aliphatic heterocycles. The summed E-state index contributed by atoms with van der Waals surface area (Å²) in [6.07, 6.45) is 0.655. The zero-order chi connectivity index (χ0) is 16.2. The van der Waals surface area contributed by atoms with Crippen molar-refractivity contribution in [1.82, 2.24) is 9.55 Å². The molecule has 0 unspecified atom stereocenters. The number of fused-ring (bicyclic) bond motifs is 1. The summed E-state index contributed by atoms with van der Waals surface area (Å²) in [6.45, 7) is 0.213. The van der Waals surface area contributed by atoms with E-state index in [9.17, 15) is 14.4 Å². The van der Waals surface area contributed by atoms with Crippen molar-refractivity contribution in [3.8, 4) is 0 Å². The molecule has 6 nitrogen and oxygen atoms in total. The standard InChI is InChI=1S/C16H15N3O3S/c20-13(17-11-5-2-1-3-6-11)7-4-9-19-15(21)14-12(8-10-23-14)18-16(19)22/h1-3,5-6,8,10H,4,7,9H2,(H,17,20)(H,18,22). The summed E-state index contributed by atoms with van der Waals surface area (Å²) < 4.78 is 1.67. The number of anilines is 1. The molecular formula is C16H15N3O3S. The minimum absolute atomic E-state index is 0.141. The quantitative estimate of drug-likeness (QED) is 0.752. The van der Waals surface area contributed by atoms with Gasteiger partial charge in [-0.1, -0.05) is 18.2 Å². The van der Waals surface area contributed by atoms with Crippen molar-refractivity contribution in [1.29, 1.82) is 0 Å². The maximum atomic E-state index is 12.2. The number of rotatable bonds is 5. The van der Waals surface area contributed by atoms with Gasteiger partial charge in [-0.05, 0) is 30.0 Å². The van der Waals surface area contributed by atoms with Crippen molar-refractivity contribution in [2.75, 3.05) is 5.32 Å². The van der Waals surface area contributed by atoms with Gasteiger partial charge in [-0.3, -0.25) is 14.2 Å². The lowest BCUT2D eigenvalue weighted by atomic mass is 10.2. The van der Waals surface area contributed by atoms with E-state index in [4.69, 9.17) is 0 Å². The van der Waals surface area contributed by atoms with Crippen LogP contribution in [-0.2, 0) is 11.3 Å². The Morgan fingerprint density at radius 3 is 2.74 bits per heavy atom. The van der Waals surface area contributed by atoms with E-state index >= 15 is 0 Å². The molecule has 0 radical (unpaired) electrons. The number of H-pyrrole nitrogens is 1. The second kappa shape index (κ2) is 6.62. The highest BCUT2D eigenvalue weighted by Gasteiger charge is 2.09. The number of carbonyl (C=O) groups is 1. The SMILES string of the molecule is O=C(CCCn1c(=O)[nH]c2ccsc2c1=O)Nc1ccccc1. The Morgan fingerprint density at radius 2 is 1.96 bits per heavy atom. The summed E-state index contributed by atoms with van der Waals surface area (Å²) in [5, 5.41) is 4.54. The Labute approximate surface area is 135 Å². The lowest BCUT2D eigenvalue weighted by Gasteiger charge is -2.06. The van der Waals surface area contributed by atoms with Crippen LogP contribution >= 0.6 is 11.3 Å². The highest BCUT2D eigenvalue weighted by atomic mass is 32.1. The smallest absolute Gasteiger partial charge is 0.326 e. The highest BCUT2D eigenvalue weighted by molar-refractivity contribution is 7.17. The van der Waals surface area contributed by atoms with Crippen LogP contribution in [0.2, 0.25) is 0 Å². The van der Waals surface area contributed by atoms with Gasteiger partial charge >= 0.3 is 5.69 Å². The molecule has 1 amide bonds. The lowest BCUT2D eigenvalue weighted by Crippen LogP contribution is -2.34. The van der Waals surface area contributed by atoms with E-state index < -0.39 is 5.69 Å². The molecule has 2 aromatic heterocycles. The lowest BCUT2D eigenvalue weighted by molar-refractivity contribution is -0.116. The second-order valence-corrected chi connectivity index (χ2v) is 5.98. The van der Waals surface area contributed by atoms with E-state index in [1.807, 2.05) is 18.2 Å². The molecule has 2 N–H and O–H groups in total. The van der Waals surface area contributed by atoms with E-state index in [2.05, 4.69) is 10.3 Å². The van der Waals surface area contributed by atoms with Crippen molar-refractivity contribution < 1.29 is 4.79 Å². The number of thiophene rings is 1. The third kappa shape index (κ3) is 3.40. The fourth-order valence-electron chi connectivity index (χ4n) is 2.32. The van der Waals surface area contributed by atoms with Gasteiger partial charge in [0.2, 0.25) is 5.91 Å². The van der Waals surface area contributed by atoms with Gasteiger partial charge in [-0.2, -0.15) is 0 Å². The first-order valence-electron chi connectivity index (χ1n) is 7.20. The molecule has 0 aliphatic carbocycles. The minimum atomic E-state index is -0.440. The van der Waals surface area contributed by atoms with E-state index in [0.29, 0.717) is 16.6 Å². The zero-order valence-corrected chi connectivity index (χ0v) is 13.1. The van der Waals surface area contributed by atoms with Gasteiger partial charge < -0.3 is 10.3 Å². The van der Waals surface area contributed by atoms with Gasteiger partial charge in [-0.25, -0.2) is 4.79 Å².